The van der Waals surface area contributed by atoms with Gasteiger partial charge in [-0.05, 0) is 19.1 Å². The third-order valence-corrected chi connectivity index (χ3v) is 1.63. The highest BCUT2D eigenvalue weighted by atomic mass is 16.6. The Morgan fingerprint density at radius 3 is 2.43 bits per heavy atom. The molecule has 0 aliphatic heterocycles. The summed E-state index contributed by atoms with van der Waals surface area (Å²) in [4.78, 5) is 21.0. The fourth-order valence-corrected chi connectivity index (χ4v) is 0.961. The summed E-state index contributed by atoms with van der Waals surface area (Å²) in [5, 5.41) is 14.0. The van der Waals surface area contributed by atoms with Gasteiger partial charge in [0.05, 0.1) is 4.92 Å². The molecule has 1 aromatic carbocycles. The molecule has 1 aromatic rings. The van der Waals surface area contributed by atoms with Gasteiger partial charge in [0, 0.05) is 24.2 Å². The Hall–Kier alpha value is -1.91. The first-order valence-electron chi connectivity index (χ1n) is 4.11. The maximum atomic E-state index is 11.2. The molecule has 1 rings (SSSR count). The van der Waals surface area contributed by atoms with Crippen LogP contribution in [-0.4, -0.2) is 17.4 Å². The summed E-state index contributed by atoms with van der Waals surface area (Å²) in [6.45, 7) is 2.17. The van der Waals surface area contributed by atoms with Crippen LogP contribution in [0, 0.1) is 10.1 Å². The molecule has 0 aliphatic rings. The Bertz CT molecular complexity index is 346. The van der Waals surface area contributed by atoms with Gasteiger partial charge in [-0.2, -0.15) is 0 Å². The SMILES string of the molecule is CC[N]C(=O)c1ccc([N+](=O)[O-])cc1. The minimum absolute atomic E-state index is 0.0296. The molecule has 0 heterocycles. The van der Waals surface area contributed by atoms with Gasteiger partial charge in [0.25, 0.3) is 11.6 Å². The molecule has 14 heavy (non-hydrogen) atoms. The van der Waals surface area contributed by atoms with Crippen molar-refractivity contribution in [1.82, 2.24) is 5.32 Å². The third-order valence-electron chi connectivity index (χ3n) is 1.63. The topological polar surface area (TPSA) is 74.3 Å². The zero-order chi connectivity index (χ0) is 10.6. The van der Waals surface area contributed by atoms with E-state index < -0.39 is 4.92 Å². The Kier molecular flexibility index (Phi) is 3.17. The van der Waals surface area contributed by atoms with Crippen molar-refractivity contribution in [3.05, 3.63) is 39.9 Å². The lowest BCUT2D eigenvalue weighted by atomic mass is 10.2. The molecule has 73 valence electrons. The van der Waals surface area contributed by atoms with Crippen LogP contribution in [0.5, 0.6) is 0 Å². The summed E-state index contributed by atoms with van der Waals surface area (Å²) in [7, 11) is 0. The van der Waals surface area contributed by atoms with E-state index >= 15 is 0 Å². The summed E-state index contributed by atoms with van der Waals surface area (Å²) in [6.07, 6.45) is 0. The highest BCUT2D eigenvalue weighted by molar-refractivity contribution is 5.94. The second-order valence-corrected chi connectivity index (χ2v) is 2.58. The van der Waals surface area contributed by atoms with E-state index in [1.807, 2.05) is 0 Å². The monoisotopic (exact) mass is 193 g/mol. The lowest BCUT2D eigenvalue weighted by molar-refractivity contribution is -0.384. The number of nitrogens with zero attached hydrogens (tertiary/aromatic N) is 2. The molecule has 1 amide bonds. The first kappa shape index (κ1) is 10.2. The molecule has 0 N–H and O–H groups in total. The van der Waals surface area contributed by atoms with Crippen molar-refractivity contribution >= 4 is 11.6 Å². The van der Waals surface area contributed by atoms with Crippen molar-refractivity contribution in [1.29, 1.82) is 0 Å². The average Bonchev–Trinajstić information content (AvgIpc) is 2.18. The molecular formula is C9H9N2O3. The van der Waals surface area contributed by atoms with E-state index in [1.54, 1.807) is 6.92 Å². The van der Waals surface area contributed by atoms with Gasteiger partial charge in [-0.3, -0.25) is 14.9 Å². The van der Waals surface area contributed by atoms with Gasteiger partial charge in [0.1, 0.15) is 0 Å². The van der Waals surface area contributed by atoms with Crippen LogP contribution >= 0.6 is 0 Å². The molecule has 0 unspecified atom stereocenters. The Morgan fingerprint density at radius 2 is 2.00 bits per heavy atom. The highest BCUT2D eigenvalue weighted by Gasteiger charge is 2.08. The molecule has 0 aliphatic carbocycles. The summed E-state index contributed by atoms with van der Waals surface area (Å²) in [5.41, 5.74) is 0.343. The van der Waals surface area contributed by atoms with Gasteiger partial charge in [-0.15, -0.1) is 0 Å². The van der Waals surface area contributed by atoms with E-state index in [0.29, 0.717) is 12.1 Å². The van der Waals surface area contributed by atoms with E-state index in [0.717, 1.165) is 0 Å². The fraction of sp³-hybridized carbons (Fsp3) is 0.222. The quantitative estimate of drug-likeness (QED) is 0.537. The molecule has 0 atom stereocenters. The van der Waals surface area contributed by atoms with Gasteiger partial charge >= 0.3 is 0 Å². The van der Waals surface area contributed by atoms with Crippen molar-refractivity contribution in [2.24, 2.45) is 0 Å². The first-order chi connectivity index (χ1) is 6.65. The lowest BCUT2D eigenvalue weighted by Crippen LogP contribution is -2.14. The molecule has 5 nitrogen and oxygen atoms in total. The number of benzene rings is 1. The predicted octanol–water partition coefficient (Wildman–Crippen LogP) is 1.36. The molecular weight excluding hydrogens is 184 g/mol. The van der Waals surface area contributed by atoms with Gasteiger partial charge in [-0.25, -0.2) is 5.32 Å². The molecule has 1 radical (unpaired) electrons. The first-order valence-corrected chi connectivity index (χ1v) is 4.11. The Morgan fingerprint density at radius 1 is 1.43 bits per heavy atom. The second-order valence-electron chi connectivity index (χ2n) is 2.58. The summed E-state index contributed by atoms with van der Waals surface area (Å²) in [5.74, 6) is -0.345. The van der Waals surface area contributed by atoms with E-state index in [2.05, 4.69) is 5.32 Å². The van der Waals surface area contributed by atoms with Crippen LogP contribution in [0.4, 0.5) is 5.69 Å². The summed E-state index contributed by atoms with van der Waals surface area (Å²) in [6, 6.07) is 5.38. The minimum Gasteiger partial charge on any atom is -0.267 e. The number of hydrogen-bond donors (Lipinski definition) is 0. The van der Waals surface area contributed by atoms with E-state index in [1.165, 1.54) is 24.3 Å². The lowest BCUT2D eigenvalue weighted by Gasteiger charge is -1.98. The number of carbonyl (C=O) groups excluding carboxylic acids is 1. The number of nitro groups is 1. The van der Waals surface area contributed by atoms with Crippen LogP contribution < -0.4 is 5.32 Å². The largest absolute Gasteiger partial charge is 0.272 e. The van der Waals surface area contributed by atoms with E-state index in [9.17, 15) is 14.9 Å². The minimum atomic E-state index is -0.509. The molecule has 0 bridgehead atoms. The number of hydrogen-bond acceptors (Lipinski definition) is 3. The van der Waals surface area contributed by atoms with Crippen LogP contribution in [0.3, 0.4) is 0 Å². The van der Waals surface area contributed by atoms with Crippen LogP contribution in [0.1, 0.15) is 17.3 Å². The number of nitro benzene ring substituents is 1. The average molecular weight is 193 g/mol. The Balaban J connectivity index is 2.83. The van der Waals surface area contributed by atoms with Crippen molar-refractivity contribution < 1.29 is 9.72 Å². The van der Waals surface area contributed by atoms with Gasteiger partial charge in [0.15, 0.2) is 0 Å². The Labute approximate surface area is 80.9 Å². The van der Waals surface area contributed by atoms with Crippen LogP contribution in [0.2, 0.25) is 0 Å². The van der Waals surface area contributed by atoms with Crippen LogP contribution in [0.25, 0.3) is 0 Å². The van der Waals surface area contributed by atoms with Gasteiger partial charge in [-0.1, -0.05) is 0 Å². The standard InChI is InChI=1S/C9H9N2O3/c1-2-10-9(12)7-3-5-8(6-4-7)11(13)14/h3-6H,2H2,1H3. The van der Waals surface area contributed by atoms with Crippen LogP contribution in [0.15, 0.2) is 24.3 Å². The fourth-order valence-electron chi connectivity index (χ4n) is 0.961. The predicted molar refractivity (Wildman–Crippen MR) is 50.1 cm³/mol. The smallest absolute Gasteiger partial charge is 0.267 e. The molecule has 0 fully saturated rings. The number of non-ortho nitro benzene ring substituents is 1. The van der Waals surface area contributed by atoms with Crippen molar-refractivity contribution in [3.8, 4) is 0 Å². The number of carbonyl (C=O) groups is 1. The van der Waals surface area contributed by atoms with Crippen molar-refractivity contribution in [2.75, 3.05) is 6.54 Å². The maximum Gasteiger partial charge on any atom is 0.272 e. The number of rotatable bonds is 3. The maximum absolute atomic E-state index is 11.2. The third kappa shape index (κ3) is 2.29. The molecule has 0 saturated heterocycles. The van der Waals surface area contributed by atoms with Crippen LogP contribution in [-0.2, 0) is 0 Å². The van der Waals surface area contributed by atoms with Gasteiger partial charge in [0.2, 0.25) is 0 Å². The zero-order valence-corrected chi connectivity index (χ0v) is 7.64. The molecule has 0 saturated carbocycles. The molecule has 0 aromatic heterocycles. The zero-order valence-electron chi connectivity index (χ0n) is 7.64. The second kappa shape index (κ2) is 4.36. The van der Waals surface area contributed by atoms with E-state index in [-0.39, 0.29) is 11.6 Å². The highest BCUT2D eigenvalue weighted by Crippen LogP contribution is 2.11. The van der Waals surface area contributed by atoms with Gasteiger partial charge < -0.3 is 0 Å². The normalized spacial score (nSPS) is 9.50. The molecule has 0 spiro atoms. The number of amides is 1. The summed E-state index contributed by atoms with van der Waals surface area (Å²) >= 11 is 0. The van der Waals surface area contributed by atoms with Crippen molar-refractivity contribution in [2.45, 2.75) is 6.92 Å². The van der Waals surface area contributed by atoms with Crippen molar-refractivity contribution in [3.63, 3.8) is 0 Å². The molecule has 5 heteroatoms. The summed E-state index contributed by atoms with van der Waals surface area (Å²) < 4.78 is 0. The van der Waals surface area contributed by atoms with E-state index in [4.69, 9.17) is 0 Å².